The number of allylic oxidation sites excluding steroid dienone is 1. The van der Waals surface area contributed by atoms with Gasteiger partial charge in [-0.2, -0.15) is 0 Å². The first-order chi connectivity index (χ1) is 19.1. The summed E-state index contributed by atoms with van der Waals surface area (Å²) in [6.45, 7) is 8.33. The molecule has 1 aromatic heterocycles. The third kappa shape index (κ3) is 4.61. The van der Waals surface area contributed by atoms with Gasteiger partial charge in [-0.1, -0.05) is 116 Å². The molecule has 1 nitrogen and oxygen atoms in total. The first-order valence-electron chi connectivity index (χ1n) is 13.1. The van der Waals surface area contributed by atoms with Crippen LogP contribution in [0.4, 0.5) is 0 Å². The fraction of sp³-hybridized carbons (Fsp3) is 0.0556. The largest absolute Gasteiger partial charge is 0.399 e. The number of hydrogen-bond acceptors (Lipinski definition) is 2. The van der Waals surface area contributed by atoms with Gasteiger partial charge >= 0.3 is 0 Å². The van der Waals surface area contributed by atoms with Crippen molar-refractivity contribution in [1.82, 2.24) is 0 Å². The van der Waals surface area contributed by atoms with E-state index in [1.165, 1.54) is 58.3 Å². The van der Waals surface area contributed by atoms with Gasteiger partial charge in [0.15, 0.2) is 0 Å². The van der Waals surface area contributed by atoms with E-state index in [4.69, 9.17) is 5.73 Å². The molecule has 2 N–H and O–H groups in total. The summed E-state index contributed by atoms with van der Waals surface area (Å²) in [7, 11) is -0.644. The average molecular weight is 540 g/mol. The second kappa shape index (κ2) is 10.7. The summed E-state index contributed by atoms with van der Waals surface area (Å²) in [5, 5.41) is 7.78. The van der Waals surface area contributed by atoms with Crippen molar-refractivity contribution in [2.75, 3.05) is 0 Å². The summed E-state index contributed by atoms with van der Waals surface area (Å²) >= 11 is 1.82. The molecule has 190 valence electrons. The van der Waals surface area contributed by atoms with Crippen LogP contribution in [0.25, 0.3) is 43.8 Å². The van der Waals surface area contributed by atoms with Gasteiger partial charge in [-0.3, -0.25) is 0 Å². The highest BCUT2D eigenvalue weighted by atomic mass is 32.1. The Hall–Kier alpha value is -3.97. The smallest absolute Gasteiger partial charge is 0.0368 e. The Balaban J connectivity index is 1.57. The van der Waals surface area contributed by atoms with Gasteiger partial charge in [-0.25, -0.2) is 0 Å². The molecule has 0 aliphatic rings. The van der Waals surface area contributed by atoms with E-state index < -0.39 is 7.92 Å². The van der Waals surface area contributed by atoms with Crippen LogP contribution in [0.3, 0.4) is 0 Å². The molecular weight excluding hydrogens is 509 g/mol. The fourth-order valence-electron chi connectivity index (χ4n) is 5.46. The van der Waals surface area contributed by atoms with Gasteiger partial charge in [0, 0.05) is 31.8 Å². The van der Waals surface area contributed by atoms with Crippen molar-refractivity contribution >= 4 is 67.8 Å². The maximum absolute atomic E-state index is 6.29. The second-order valence-electron chi connectivity index (χ2n) is 9.71. The third-order valence-electron chi connectivity index (χ3n) is 7.16. The Labute approximate surface area is 235 Å². The van der Waals surface area contributed by atoms with Gasteiger partial charge in [0.25, 0.3) is 0 Å². The maximum atomic E-state index is 6.29. The Kier molecular flexibility index (Phi) is 6.92. The lowest BCUT2D eigenvalue weighted by Gasteiger charge is -2.19. The van der Waals surface area contributed by atoms with Crippen LogP contribution >= 0.6 is 19.3 Å². The van der Waals surface area contributed by atoms with Gasteiger partial charge < -0.3 is 5.73 Å². The molecule has 0 amide bonds. The lowest BCUT2D eigenvalue weighted by Crippen LogP contribution is -2.20. The Bertz CT molecular complexity index is 1790. The van der Waals surface area contributed by atoms with E-state index in [-0.39, 0.29) is 0 Å². The van der Waals surface area contributed by atoms with Crippen LogP contribution in [-0.2, 0) is 0 Å². The standard InChI is InChI=1S/C36H30NPS/c1-4-12-32-35(36-30-18-11-13-24(2)34(30)31(25(3)37)23-33(36)39-32)26-19-21-29(22-20-26)38(27-14-7-5-8-15-27)28-16-9-6-10-17-28/h4-23H,3,37H2,1-2H3/b12-4-. The normalized spacial score (nSPS) is 11.7. The van der Waals surface area contributed by atoms with E-state index in [9.17, 15) is 0 Å². The van der Waals surface area contributed by atoms with Crippen molar-refractivity contribution in [1.29, 1.82) is 0 Å². The molecule has 0 radical (unpaired) electrons. The number of rotatable bonds is 6. The predicted octanol–water partition coefficient (Wildman–Crippen LogP) is 8.75. The van der Waals surface area contributed by atoms with E-state index in [0.29, 0.717) is 5.70 Å². The maximum Gasteiger partial charge on any atom is 0.0368 e. The van der Waals surface area contributed by atoms with E-state index in [0.717, 1.165) is 5.56 Å². The van der Waals surface area contributed by atoms with E-state index in [1.54, 1.807) is 0 Å². The second-order valence-corrected chi connectivity index (χ2v) is 13.0. The fourth-order valence-corrected chi connectivity index (χ4v) is 9.00. The average Bonchev–Trinajstić information content (AvgIpc) is 3.33. The monoisotopic (exact) mass is 539 g/mol. The highest BCUT2D eigenvalue weighted by Gasteiger charge is 2.20. The Morgan fingerprint density at radius 3 is 1.97 bits per heavy atom. The molecule has 0 spiro atoms. The lowest BCUT2D eigenvalue weighted by atomic mass is 9.92. The summed E-state index contributed by atoms with van der Waals surface area (Å²) < 4.78 is 1.23. The van der Waals surface area contributed by atoms with Gasteiger partial charge in [0.05, 0.1) is 0 Å². The van der Waals surface area contributed by atoms with Crippen molar-refractivity contribution < 1.29 is 0 Å². The highest BCUT2D eigenvalue weighted by molar-refractivity contribution is 7.79. The molecule has 0 bridgehead atoms. The van der Waals surface area contributed by atoms with Crippen LogP contribution < -0.4 is 21.6 Å². The van der Waals surface area contributed by atoms with Crippen molar-refractivity contribution in [3.63, 3.8) is 0 Å². The summed E-state index contributed by atoms with van der Waals surface area (Å²) in [5.41, 5.74) is 11.7. The molecule has 3 heteroatoms. The molecule has 39 heavy (non-hydrogen) atoms. The summed E-state index contributed by atoms with van der Waals surface area (Å²) in [4.78, 5) is 1.26. The minimum atomic E-state index is -0.644. The number of benzene rings is 5. The Morgan fingerprint density at radius 2 is 1.38 bits per heavy atom. The molecule has 0 aliphatic carbocycles. The molecular formula is C36H30NPS. The van der Waals surface area contributed by atoms with Gasteiger partial charge in [-0.15, -0.1) is 11.3 Å². The summed E-state index contributed by atoms with van der Waals surface area (Å²) in [5.74, 6) is 0. The molecule has 0 saturated heterocycles. The number of fused-ring (bicyclic) bond motifs is 3. The highest BCUT2D eigenvalue weighted by Crippen LogP contribution is 2.45. The zero-order valence-electron chi connectivity index (χ0n) is 22.2. The van der Waals surface area contributed by atoms with Crippen LogP contribution in [0.5, 0.6) is 0 Å². The van der Waals surface area contributed by atoms with Crippen LogP contribution in [0.15, 0.2) is 122 Å². The number of thiophene rings is 1. The third-order valence-corrected chi connectivity index (χ3v) is 10.7. The van der Waals surface area contributed by atoms with Crippen molar-refractivity contribution in [2.24, 2.45) is 5.73 Å². The van der Waals surface area contributed by atoms with Crippen molar-refractivity contribution in [3.05, 3.63) is 138 Å². The van der Waals surface area contributed by atoms with Crippen LogP contribution in [0.2, 0.25) is 0 Å². The molecule has 0 fully saturated rings. The predicted molar refractivity (Wildman–Crippen MR) is 176 cm³/mol. The topological polar surface area (TPSA) is 26.0 Å². The molecule has 1 heterocycles. The van der Waals surface area contributed by atoms with Gasteiger partial charge in [0.1, 0.15) is 0 Å². The lowest BCUT2D eigenvalue weighted by molar-refractivity contribution is 1.51. The summed E-state index contributed by atoms with van der Waals surface area (Å²) in [6, 6.07) is 39.8. The molecule has 0 aliphatic heterocycles. The minimum absolute atomic E-state index is 0.610. The number of nitrogens with two attached hydrogens (primary N) is 1. The minimum Gasteiger partial charge on any atom is -0.399 e. The van der Waals surface area contributed by atoms with Crippen LogP contribution in [0, 0.1) is 6.92 Å². The van der Waals surface area contributed by atoms with E-state index in [2.05, 4.69) is 142 Å². The first-order valence-corrected chi connectivity index (χ1v) is 15.3. The van der Waals surface area contributed by atoms with E-state index >= 15 is 0 Å². The van der Waals surface area contributed by atoms with Gasteiger partial charge in [0.2, 0.25) is 0 Å². The zero-order valence-corrected chi connectivity index (χ0v) is 23.9. The molecule has 0 saturated carbocycles. The first kappa shape index (κ1) is 25.3. The van der Waals surface area contributed by atoms with Crippen LogP contribution in [-0.4, -0.2) is 0 Å². The zero-order chi connectivity index (χ0) is 26.9. The van der Waals surface area contributed by atoms with Crippen LogP contribution in [0.1, 0.15) is 22.9 Å². The quantitative estimate of drug-likeness (QED) is 0.210. The SMILES string of the molecule is C=C(N)c1cc2sc(/C=C\C)c(-c3ccc(P(c4ccccc4)c4ccccc4)cc3)c2c2cccc(C)c12. The van der Waals surface area contributed by atoms with Crippen molar-refractivity contribution in [3.8, 4) is 11.1 Å². The molecule has 5 aromatic carbocycles. The van der Waals surface area contributed by atoms with E-state index in [1.807, 2.05) is 11.3 Å². The molecule has 6 rings (SSSR count). The number of aryl methyl sites for hydroxylation is 1. The molecule has 0 unspecified atom stereocenters. The number of hydrogen-bond donors (Lipinski definition) is 1. The molecule has 6 aromatic rings. The van der Waals surface area contributed by atoms with Crippen molar-refractivity contribution in [2.45, 2.75) is 13.8 Å². The summed E-state index contributed by atoms with van der Waals surface area (Å²) in [6.07, 6.45) is 4.36. The Morgan fingerprint density at radius 1 is 0.769 bits per heavy atom. The molecule has 0 atom stereocenters. The van der Waals surface area contributed by atoms with Gasteiger partial charge in [-0.05, 0) is 71.7 Å².